The third-order valence-electron chi connectivity index (χ3n) is 3.53. The highest BCUT2D eigenvalue weighted by molar-refractivity contribution is 5.76. The Hall–Kier alpha value is -1.29. The molecular weight excluding hydrogens is 202 g/mol. The lowest BCUT2D eigenvalue weighted by atomic mass is 9.66. The maximum atomic E-state index is 11.7. The first-order valence-electron chi connectivity index (χ1n) is 5.83. The Bertz CT molecular complexity index is 336. The predicted molar refractivity (Wildman–Crippen MR) is 62.6 cm³/mol. The zero-order chi connectivity index (χ0) is 11.4. The number of hydrogen-bond acceptors (Lipinski definition) is 2. The summed E-state index contributed by atoms with van der Waals surface area (Å²) >= 11 is 0. The van der Waals surface area contributed by atoms with Gasteiger partial charge in [0.05, 0.1) is 0 Å². The normalized spacial score (nSPS) is 17.8. The predicted octanol–water partition coefficient (Wildman–Crippen LogP) is 1.15. The highest BCUT2D eigenvalue weighted by Crippen LogP contribution is 2.42. The van der Waals surface area contributed by atoms with Gasteiger partial charge in [-0.1, -0.05) is 6.42 Å². The Morgan fingerprint density at radius 3 is 2.88 bits per heavy atom. The highest BCUT2D eigenvalue weighted by atomic mass is 16.1. The molecule has 0 aliphatic heterocycles. The van der Waals surface area contributed by atoms with E-state index in [4.69, 9.17) is 5.73 Å². The molecule has 1 aromatic rings. The number of amides is 1. The van der Waals surface area contributed by atoms with Crippen LogP contribution in [0.1, 0.15) is 31.2 Å². The molecule has 1 saturated carbocycles. The molecule has 0 bridgehead atoms. The van der Waals surface area contributed by atoms with Crippen LogP contribution in [-0.2, 0) is 11.3 Å². The second-order valence-corrected chi connectivity index (χ2v) is 4.73. The van der Waals surface area contributed by atoms with Crippen molar-refractivity contribution in [3.05, 3.63) is 24.0 Å². The van der Waals surface area contributed by atoms with Gasteiger partial charge < -0.3 is 16.0 Å². The minimum absolute atomic E-state index is 0.0994. The van der Waals surface area contributed by atoms with Crippen molar-refractivity contribution < 1.29 is 4.79 Å². The Labute approximate surface area is 95.6 Å². The van der Waals surface area contributed by atoms with Gasteiger partial charge in [0.15, 0.2) is 0 Å². The van der Waals surface area contributed by atoms with Gasteiger partial charge in [0.1, 0.15) is 0 Å². The minimum atomic E-state index is 0.0994. The van der Waals surface area contributed by atoms with E-state index in [-0.39, 0.29) is 11.3 Å². The summed E-state index contributed by atoms with van der Waals surface area (Å²) in [5.41, 5.74) is 6.92. The Morgan fingerprint density at radius 1 is 1.56 bits per heavy atom. The number of carbonyl (C=O) groups excluding carboxylic acids is 1. The standard InChI is InChI=1S/C12H19N3O/c13-9-12(3-1-4-12)6-11(16)15-8-10-2-5-14-7-10/h2,5,7,14H,1,3-4,6,8-9,13H2,(H,15,16). The SMILES string of the molecule is NCC1(CC(=O)NCc2cc[nH]c2)CCC1. The van der Waals surface area contributed by atoms with E-state index in [1.54, 1.807) is 0 Å². The van der Waals surface area contributed by atoms with Gasteiger partial charge in [0.2, 0.25) is 5.91 Å². The van der Waals surface area contributed by atoms with Crippen molar-refractivity contribution in [2.75, 3.05) is 6.54 Å². The van der Waals surface area contributed by atoms with Crippen molar-refractivity contribution in [2.24, 2.45) is 11.1 Å². The number of H-pyrrole nitrogens is 1. The van der Waals surface area contributed by atoms with E-state index in [2.05, 4.69) is 10.3 Å². The molecule has 4 nitrogen and oxygen atoms in total. The monoisotopic (exact) mass is 221 g/mol. The van der Waals surface area contributed by atoms with E-state index < -0.39 is 0 Å². The smallest absolute Gasteiger partial charge is 0.220 e. The number of carbonyl (C=O) groups is 1. The van der Waals surface area contributed by atoms with E-state index in [1.165, 1.54) is 6.42 Å². The van der Waals surface area contributed by atoms with Crippen molar-refractivity contribution in [3.8, 4) is 0 Å². The van der Waals surface area contributed by atoms with Gasteiger partial charge in [0.25, 0.3) is 0 Å². The zero-order valence-electron chi connectivity index (χ0n) is 9.46. The summed E-state index contributed by atoms with van der Waals surface area (Å²) < 4.78 is 0. The average molecular weight is 221 g/mol. The number of nitrogens with one attached hydrogen (secondary N) is 2. The number of nitrogens with two attached hydrogens (primary N) is 1. The quantitative estimate of drug-likeness (QED) is 0.698. The minimum Gasteiger partial charge on any atom is -0.367 e. The molecule has 0 unspecified atom stereocenters. The topological polar surface area (TPSA) is 70.9 Å². The first-order chi connectivity index (χ1) is 7.74. The summed E-state index contributed by atoms with van der Waals surface area (Å²) in [5.74, 6) is 0.117. The fraction of sp³-hybridized carbons (Fsp3) is 0.583. The number of hydrogen-bond donors (Lipinski definition) is 3. The molecule has 2 rings (SSSR count). The highest BCUT2D eigenvalue weighted by Gasteiger charge is 2.37. The molecule has 1 aliphatic carbocycles. The molecule has 4 heteroatoms. The molecule has 0 saturated heterocycles. The Balaban J connectivity index is 1.76. The third-order valence-corrected chi connectivity index (χ3v) is 3.53. The summed E-state index contributed by atoms with van der Waals surface area (Å²) in [4.78, 5) is 14.7. The molecule has 0 aromatic carbocycles. The number of aromatic amines is 1. The van der Waals surface area contributed by atoms with Gasteiger partial charge >= 0.3 is 0 Å². The molecule has 1 amide bonds. The molecular formula is C12H19N3O. The molecule has 1 aromatic heterocycles. The molecule has 0 spiro atoms. The molecule has 1 aliphatic rings. The van der Waals surface area contributed by atoms with Gasteiger partial charge in [0, 0.05) is 25.4 Å². The summed E-state index contributed by atoms with van der Waals surface area (Å²) in [6.07, 6.45) is 7.73. The van der Waals surface area contributed by atoms with E-state index in [0.29, 0.717) is 19.5 Å². The van der Waals surface area contributed by atoms with Crippen LogP contribution in [0.3, 0.4) is 0 Å². The molecule has 0 atom stereocenters. The van der Waals surface area contributed by atoms with Crippen LogP contribution in [-0.4, -0.2) is 17.4 Å². The van der Waals surface area contributed by atoms with Crippen LogP contribution in [0.15, 0.2) is 18.5 Å². The zero-order valence-corrected chi connectivity index (χ0v) is 9.46. The van der Waals surface area contributed by atoms with E-state index in [1.807, 2.05) is 18.5 Å². The van der Waals surface area contributed by atoms with Gasteiger partial charge in [-0.25, -0.2) is 0 Å². The molecule has 1 heterocycles. The molecule has 1 fully saturated rings. The summed E-state index contributed by atoms with van der Waals surface area (Å²) in [7, 11) is 0. The third kappa shape index (κ3) is 2.44. The fourth-order valence-corrected chi connectivity index (χ4v) is 2.20. The van der Waals surface area contributed by atoms with Crippen LogP contribution in [0.25, 0.3) is 0 Å². The average Bonchev–Trinajstić information content (AvgIpc) is 2.73. The van der Waals surface area contributed by atoms with E-state index >= 15 is 0 Å². The van der Waals surface area contributed by atoms with E-state index in [9.17, 15) is 4.79 Å². The van der Waals surface area contributed by atoms with Crippen molar-refractivity contribution in [1.29, 1.82) is 0 Å². The van der Waals surface area contributed by atoms with E-state index in [0.717, 1.165) is 18.4 Å². The lowest BCUT2D eigenvalue weighted by Crippen LogP contribution is -2.41. The molecule has 16 heavy (non-hydrogen) atoms. The fourth-order valence-electron chi connectivity index (χ4n) is 2.20. The van der Waals surface area contributed by atoms with Gasteiger partial charge in [-0.3, -0.25) is 4.79 Å². The summed E-state index contributed by atoms with van der Waals surface area (Å²) in [5, 5.41) is 2.93. The lowest BCUT2D eigenvalue weighted by molar-refractivity contribution is -0.124. The second-order valence-electron chi connectivity index (χ2n) is 4.73. The van der Waals surface area contributed by atoms with Crippen LogP contribution in [0.2, 0.25) is 0 Å². The first-order valence-corrected chi connectivity index (χ1v) is 5.83. The maximum Gasteiger partial charge on any atom is 0.220 e. The Morgan fingerprint density at radius 2 is 2.38 bits per heavy atom. The second kappa shape index (κ2) is 4.70. The van der Waals surface area contributed by atoms with Gasteiger partial charge in [-0.2, -0.15) is 0 Å². The number of rotatable bonds is 5. The van der Waals surface area contributed by atoms with Crippen LogP contribution < -0.4 is 11.1 Å². The van der Waals surface area contributed by atoms with Crippen LogP contribution in [0, 0.1) is 5.41 Å². The lowest BCUT2D eigenvalue weighted by Gasteiger charge is -2.40. The van der Waals surface area contributed by atoms with Crippen molar-refractivity contribution >= 4 is 5.91 Å². The van der Waals surface area contributed by atoms with Crippen molar-refractivity contribution in [1.82, 2.24) is 10.3 Å². The molecule has 4 N–H and O–H groups in total. The molecule has 0 radical (unpaired) electrons. The van der Waals surface area contributed by atoms with Crippen LogP contribution in [0.5, 0.6) is 0 Å². The summed E-state index contributed by atoms with van der Waals surface area (Å²) in [6, 6.07) is 1.96. The van der Waals surface area contributed by atoms with Crippen LogP contribution in [0.4, 0.5) is 0 Å². The van der Waals surface area contributed by atoms with Crippen LogP contribution >= 0.6 is 0 Å². The number of aromatic nitrogens is 1. The van der Waals surface area contributed by atoms with Gasteiger partial charge in [-0.15, -0.1) is 0 Å². The summed E-state index contributed by atoms with van der Waals surface area (Å²) in [6.45, 7) is 1.23. The molecule has 88 valence electrons. The van der Waals surface area contributed by atoms with Crippen molar-refractivity contribution in [2.45, 2.75) is 32.2 Å². The van der Waals surface area contributed by atoms with Crippen molar-refractivity contribution in [3.63, 3.8) is 0 Å². The Kier molecular flexibility index (Phi) is 3.29. The first kappa shape index (κ1) is 11.2. The van der Waals surface area contributed by atoms with Gasteiger partial charge in [-0.05, 0) is 36.4 Å². The largest absolute Gasteiger partial charge is 0.367 e. The maximum absolute atomic E-state index is 11.7.